The Morgan fingerprint density at radius 3 is 2.54 bits per heavy atom. The van der Waals surface area contributed by atoms with Crippen molar-refractivity contribution in [2.24, 2.45) is 5.92 Å². The Bertz CT molecular complexity index is 786. The van der Waals surface area contributed by atoms with Gasteiger partial charge in [0, 0.05) is 28.8 Å². The van der Waals surface area contributed by atoms with Crippen molar-refractivity contribution < 1.29 is 9.59 Å². The molecule has 1 N–H and O–H groups in total. The molecule has 124 valence electrons. The molecule has 1 atom stereocenters. The Kier molecular flexibility index (Phi) is 4.71. The van der Waals surface area contributed by atoms with E-state index in [9.17, 15) is 9.59 Å². The molecule has 1 fully saturated rings. The van der Waals surface area contributed by atoms with Gasteiger partial charge in [0.2, 0.25) is 11.8 Å². The molecule has 4 nitrogen and oxygen atoms in total. The molecule has 2 aromatic carbocycles. The van der Waals surface area contributed by atoms with Gasteiger partial charge in [-0.25, -0.2) is 0 Å². The second-order valence-corrected chi connectivity index (χ2v) is 7.05. The third-order valence-corrected chi connectivity index (χ3v) is 5.14. The van der Waals surface area contributed by atoms with Gasteiger partial charge in [0.1, 0.15) is 0 Å². The highest BCUT2D eigenvalue weighted by molar-refractivity contribution is 9.10. The number of halogens is 1. The van der Waals surface area contributed by atoms with E-state index in [4.69, 9.17) is 0 Å². The van der Waals surface area contributed by atoms with Gasteiger partial charge in [-0.3, -0.25) is 9.59 Å². The zero-order valence-corrected chi connectivity index (χ0v) is 15.3. The van der Waals surface area contributed by atoms with Crippen LogP contribution < -0.4 is 10.2 Å². The first-order valence-corrected chi connectivity index (χ1v) is 8.67. The summed E-state index contributed by atoms with van der Waals surface area (Å²) >= 11 is 3.49. The fourth-order valence-corrected chi connectivity index (χ4v) is 3.13. The zero-order valence-electron chi connectivity index (χ0n) is 13.7. The molecule has 2 amide bonds. The van der Waals surface area contributed by atoms with Crippen LogP contribution in [0.2, 0.25) is 0 Å². The van der Waals surface area contributed by atoms with E-state index >= 15 is 0 Å². The van der Waals surface area contributed by atoms with Gasteiger partial charge in [-0.05, 0) is 43.7 Å². The minimum atomic E-state index is -0.334. The van der Waals surface area contributed by atoms with Gasteiger partial charge < -0.3 is 10.2 Å². The van der Waals surface area contributed by atoms with Crippen molar-refractivity contribution in [2.45, 2.75) is 20.3 Å². The van der Waals surface area contributed by atoms with Crippen molar-refractivity contribution in [3.05, 3.63) is 58.1 Å². The summed E-state index contributed by atoms with van der Waals surface area (Å²) in [6, 6.07) is 13.5. The van der Waals surface area contributed by atoms with E-state index in [-0.39, 0.29) is 24.2 Å². The van der Waals surface area contributed by atoms with E-state index < -0.39 is 0 Å². The number of amides is 2. The molecule has 0 spiro atoms. The number of carbonyl (C=O) groups is 2. The minimum Gasteiger partial charge on any atom is -0.326 e. The van der Waals surface area contributed by atoms with E-state index in [1.807, 2.05) is 56.3 Å². The standard InChI is InChI=1S/C19H19BrN2O2/c1-12-3-6-15(7-4-12)21-19(24)14-9-18(23)22(11-14)16-8-5-13(2)17(20)10-16/h3-8,10,14H,9,11H2,1-2H3,(H,21,24). The summed E-state index contributed by atoms with van der Waals surface area (Å²) in [5, 5.41) is 2.90. The Hall–Kier alpha value is -2.14. The Morgan fingerprint density at radius 2 is 1.88 bits per heavy atom. The number of carbonyl (C=O) groups excluding carboxylic acids is 2. The third-order valence-electron chi connectivity index (χ3n) is 4.28. The average molecular weight is 387 g/mol. The quantitative estimate of drug-likeness (QED) is 0.864. The largest absolute Gasteiger partial charge is 0.326 e. The second kappa shape index (κ2) is 6.77. The number of anilines is 2. The summed E-state index contributed by atoms with van der Waals surface area (Å²) in [5.41, 5.74) is 3.83. The summed E-state index contributed by atoms with van der Waals surface area (Å²) in [6.07, 6.45) is 0.239. The molecule has 0 saturated carbocycles. The monoisotopic (exact) mass is 386 g/mol. The van der Waals surface area contributed by atoms with Crippen molar-refractivity contribution in [1.82, 2.24) is 0 Å². The summed E-state index contributed by atoms with van der Waals surface area (Å²) in [4.78, 5) is 26.4. The molecule has 5 heteroatoms. The Balaban J connectivity index is 1.70. The van der Waals surface area contributed by atoms with Gasteiger partial charge in [0.05, 0.1) is 5.92 Å². The maximum atomic E-state index is 12.4. The third kappa shape index (κ3) is 3.51. The molecule has 24 heavy (non-hydrogen) atoms. The smallest absolute Gasteiger partial charge is 0.229 e. The van der Waals surface area contributed by atoms with E-state index in [0.29, 0.717) is 6.54 Å². The van der Waals surface area contributed by atoms with Crippen molar-refractivity contribution >= 4 is 39.1 Å². The second-order valence-electron chi connectivity index (χ2n) is 6.19. The first kappa shape index (κ1) is 16.7. The molecule has 1 aliphatic rings. The van der Waals surface area contributed by atoms with Gasteiger partial charge in [-0.2, -0.15) is 0 Å². The highest BCUT2D eigenvalue weighted by atomic mass is 79.9. The topological polar surface area (TPSA) is 49.4 Å². The van der Waals surface area contributed by atoms with E-state index in [1.54, 1.807) is 4.90 Å². The summed E-state index contributed by atoms with van der Waals surface area (Å²) in [7, 11) is 0. The lowest BCUT2D eigenvalue weighted by atomic mass is 10.1. The molecule has 2 aromatic rings. The molecule has 0 aliphatic carbocycles. The van der Waals surface area contributed by atoms with Crippen LogP contribution in [-0.4, -0.2) is 18.4 Å². The summed E-state index contributed by atoms with van der Waals surface area (Å²) < 4.78 is 0.959. The molecule has 0 bridgehead atoms. The van der Waals surface area contributed by atoms with Crippen molar-refractivity contribution in [3.8, 4) is 0 Å². The van der Waals surface area contributed by atoms with Gasteiger partial charge >= 0.3 is 0 Å². The lowest BCUT2D eigenvalue weighted by Gasteiger charge is -2.17. The Labute approximate surface area is 150 Å². The normalized spacial score (nSPS) is 17.2. The van der Waals surface area contributed by atoms with Gasteiger partial charge in [-0.15, -0.1) is 0 Å². The van der Waals surface area contributed by atoms with Crippen LogP contribution in [0.5, 0.6) is 0 Å². The molecular formula is C19H19BrN2O2. The first-order chi connectivity index (χ1) is 11.4. The Morgan fingerprint density at radius 1 is 1.17 bits per heavy atom. The minimum absolute atomic E-state index is 0.0187. The predicted octanol–water partition coefficient (Wildman–Crippen LogP) is 4.06. The maximum absolute atomic E-state index is 12.4. The average Bonchev–Trinajstić information content (AvgIpc) is 2.94. The van der Waals surface area contributed by atoms with Crippen molar-refractivity contribution in [3.63, 3.8) is 0 Å². The van der Waals surface area contributed by atoms with Crippen LogP contribution >= 0.6 is 15.9 Å². The lowest BCUT2D eigenvalue weighted by Crippen LogP contribution is -2.28. The van der Waals surface area contributed by atoms with Crippen LogP contribution in [0.1, 0.15) is 17.5 Å². The molecule has 0 aromatic heterocycles. The molecule has 1 saturated heterocycles. The van der Waals surface area contributed by atoms with Gasteiger partial charge in [0.25, 0.3) is 0 Å². The molecule has 1 aliphatic heterocycles. The number of rotatable bonds is 3. The fraction of sp³-hybridized carbons (Fsp3) is 0.263. The van der Waals surface area contributed by atoms with E-state index in [1.165, 1.54) is 0 Å². The maximum Gasteiger partial charge on any atom is 0.229 e. The van der Waals surface area contributed by atoms with E-state index in [0.717, 1.165) is 27.0 Å². The molecule has 0 radical (unpaired) electrons. The molecule has 3 rings (SSSR count). The van der Waals surface area contributed by atoms with Crippen LogP contribution in [0.15, 0.2) is 46.9 Å². The predicted molar refractivity (Wildman–Crippen MR) is 99.1 cm³/mol. The summed E-state index contributed by atoms with van der Waals surface area (Å²) in [5.74, 6) is -0.463. The van der Waals surface area contributed by atoms with Crippen LogP contribution in [0.25, 0.3) is 0 Å². The molecule has 1 unspecified atom stereocenters. The lowest BCUT2D eigenvalue weighted by molar-refractivity contribution is -0.122. The van der Waals surface area contributed by atoms with Crippen LogP contribution in [-0.2, 0) is 9.59 Å². The van der Waals surface area contributed by atoms with E-state index in [2.05, 4.69) is 21.2 Å². The fourth-order valence-electron chi connectivity index (χ4n) is 2.76. The highest BCUT2D eigenvalue weighted by Gasteiger charge is 2.35. The number of benzene rings is 2. The van der Waals surface area contributed by atoms with Crippen molar-refractivity contribution in [1.29, 1.82) is 0 Å². The molecule has 1 heterocycles. The van der Waals surface area contributed by atoms with Crippen LogP contribution in [0.4, 0.5) is 11.4 Å². The first-order valence-electron chi connectivity index (χ1n) is 7.88. The SMILES string of the molecule is Cc1ccc(NC(=O)C2CC(=O)N(c3ccc(C)c(Br)c3)C2)cc1. The zero-order chi connectivity index (χ0) is 17.3. The van der Waals surface area contributed by atoms with Crippen LogP contribution in [0, 0.1) is 19.8 Å². The highest BCUT2D eigenvalue weighted by Crippen LogP contribution is 2.29. The number of hydrogen-bond acceptors (Lipinski definition) is 2. The van der Waals surface area contributed by atoms with Gasteiger partial charge in [-0.1, -0.05) is 39.7 Å². The number of nitrogens with one attached hydrogen (secondary N) is 1. The number of hydrogen-bond donors (Lipinski definition) is 1. The molecular weight excluding hydrogens is 368 g/mol. The number of nitrogens with zero attached hydrogens (tertiary/aromatic N) is 1. The van der Waals surface area contributed by atoms with Gasteiger partial charge in [0.15, 0.2) is 0 Å². The van der Waals surface area contributed by atoms with Crippen molar-refractivity contribution in [2.75, 3.05) is 16.8 Å². The summed E-state index contributed by atoms with van der Waals surface area (Å²) in [6.45, 7) is 4.41. The van der Waals surface area contributed by atoms with Crippen LogP contribution in [0.3, 0.4) is 0 Å². The number of aryl methyl sites for hydroxylation is 2.